The van der Waals surface area contributed by atoms with E-state index >= 15 is 0 Å². The van der Waals surface area contributed by atoms with Crippen LogP contribution in [0.4, 0.5) is 4.39 Å². The van der Waals surface area contributed by atoms with Gasteiger partial charge in [0, 0.05) is 0 Å². The van der Waals surface area contributed by atoms with Gasteiger partial charge in [-0.25, -0.2) is 4.39 Å². The molecule has 0 N–H and O–H groups in total. The third-order valence-electron chi connectivity index (χ3n) is 2.30. The van der Waals surface area contributed by atoms with Crippen LogP contribution in [-0.4, -0.2) is 0 Å². The smallest absolute Gasteiger partial charge is 0.142 e. The summed E-state index contributed by atoms with van der Waals surface area (Å²) in [4.78, 5) is 0. The summed E-state index contributed by atoms with van der Waals surface area (Å²) in [5, 5.41) is 0. The van der Waals surface area contributed by atoms with Gasteiger partial charge in [0.15, 0.2) is 0 Å². The molecule has 2 rings (SSSR count). The molecule has 0 aliphatic carbocycles. The Labute approximate surface area is 106 Å². The molecule has 0 aromatic heterocycles. The molecule has 1 nitrogen and oxygen atoms in total. The lowest BCUT2D eigenvalue weighted by atomic mass is 10.1. The van der Waals surface area contributed by atoms with E-state index in [2.05, 4.69) is 18.4 Å². The van der Waals surface area contributed by atoms with E-state index in [0.29, 0.717) is 16.9 Å². The molecule has 0 saturated heterocycles. The Hall–Kier alpha value is -2.53. The van der Waals surface area contributed by atoms with Crippen molar-refractivity contribution < 1.29 is 9.13 Å². The predicted molar refractivity (Wildman–Crippen MR) is 69.6 cm³/mol. The van der Waals surface area contributed by atoms with E-state index < -0.39 is 0 Å². The molecule has 0 radical (unpaired) electrons. The molecule has 0 atom stereocenters. The topological polar surface area (TPSA) is 9.23 Å². The number of hydrogen-bond acceptors (Lipinski definition) is 1. The summed E-state index contributed by atoms with van der Waals surface area (Å²) in [6.45, 7) is 3.50. The minimum atomic E-state index is -0.327. The van der Waals surface area contributed by atoms with Crippen LogP contribution < -0.4 is 4.74 Å². The summed E-state index contributed by atoms with van der Waals surface area (Å²) in [5.41, 5.74) is 1.06. The molecule has 0 bridgehead atoms. The van der Waals surface area contributed by atoms with Crippen LogP contribution >= 0.6 is 0 Å². The van der Waals surface area contributed by atoms with E-state index in [1.54, 1.807) is 24.3 Å². The Bertz CT molecular complexity index is 620. The third-order valence-corrected chi connectivity index (χ3v) is 2.30. The van der Waals surface area contributed by atoms with Crippen LogP contribution in [0.2, 0.25) is 0 Å². The largest absolute Gasteiger partial charge is 0.464 e. The molecule has 2 aromatic carbocycles. The second kappa shape index (κ2) is 5.70. The normalized spacial score (nSPS) is 9.17. The Morgan fingerprint density at radius 3 is 2.28 bits per heavy atom. The predicted octanol–water partition coefficient (Wildman–Crippen LogP) is 3.75. The second-order valence-corrected chi connectivity index (χ2v) is 3.51. The number of benzene rings is 2. The molecule has 0 fully saturated rings. The number of hydrogen-bond donors (Lipinski definition) is 0. The van der Waals surface area contributed by atoms with Gasteiger partial charge in [0.25, 0.3) is 0 Å². The molecule has 88 valence electrons. The second-order valence-electron chi connectivity index (χ2n) is 3.51. The van der Waals surface area contributed by atoms with Crippen LogP contribution in [-0.2, 0) is 0 Å². The van der Waals surface area contributed by atoms with Crippen molar-refractivity contribution in [1.82, 2.24) is 0 Å². The van der Waals surface area contributed by atoms with E-state index in [-0.39, 0.29) is 5.82 Å². The van der Waals surface area contributed by atoms with Crippen molar-refractivity contribution in [1.29, 1.82) is 0 Å². The molecular weight excluding hydrogens is 227 g/mol. The molecule has 0 saturated carbocycles. The summed E-state index contributed by atoms with van der Waals surface area (Å²) >= 11 is 0. The number of ether oxygens (including phenoxy) is 1. The van der Waals surface area contributed by atoms with Gasteiger partial charge in [-0.3, -0.25) is 0 Å². The zero-order chi connectivity index (χ0) is 12.8. The van der Waals surface area contributed by atoms with Crippen LogP contribution in [0.5, 0.6) is 5.75 Å². The Balaban J connectivity index is 2.36. The molecule has 2 heteroatoms. The fraction of sp³-hybridized carbons (Fsp3) is 0. The summed E-state index contributed by atoms with van der Waals surface area (Å²) in [5.74, 6) is 5.96. The highest BCUT2D eigenvalue weighted by Gasteiger charge is 1.99. The summed E-state index contributed by atoms with van der Waals surface area (Å²) < 4.78 is 18.6. The van der Waals surface area contributed by atoms with E-state index in [0.717, 1.165) is 0 Å². The van der Waals surface area contributed by atoms with E-state index in [1.807, 2.05) is 18.2 Å². The lowest BCUT2D eigenvalue weighted by Gasteiger charge is -2.01. The zero-order valence-corrected chi connectivity index (χ0v) is 9.69. The van der Waals surface area contributed by atoms with Gasteiger partial charge in [-0.2, -0.15) is 0 Å². The van der Waals surface area contributed by atoms with Gasteiger partial charge in [-0.1, -0.05) is 42.7 Å². The maximum atomic E-state index is 13.4. The summed E-state index contributed by atoms with van der Waals surface area (Å²) in [7, 11) is 0. The maximum absolute atomic E-state index is 13.4. The summed E-state index contributed by atoms with van der Waals surface area (Å²) in [6.07, 6.45) is 1.34. The molecule has 0 aliphatic rings. The lowest BCUT2D eigenvalue weighted by Crippen LogP contribution is -1.86. The van der Waals surface area contributed by atoms with Crippen molar-refractivity contribution in [2.45, 2.75) is 0 Å². The average molecular weight is 238 g/mol. The minimum absolute atomic E-state index is 0.327. The monoisotopic (exact) mass is 238 g/mol. The summed E-state index contributed by atoms with van der Waals surface area (Å²) in [6, 6.07) is 13.7. The fourth-order valence-electron chi connectivity index (χ4n) is 1.46. The maximum Gasteiger partial charge on any atom is 0.142 e. The Kier molecular flexibility index (Phi) is 3.78. The van der Waals surface area contributed by atoms with E-state index in [1.165, 1.54) is 12.3 Å². The third kappa shape index (κ3) is 2.78. The zero-order valence-electron chi connectivity index (χ0n) is 9.69. The molecule has 0 spiro atoms. The van der Waals surface area contributed by atoms with Crippen molar-refractivity contribution >= 4 is 0 Å². The van der Waals surface area contributed by atoms with Gasteiger partial charge in [0.05, 0.1) is 17.4 Å². The van der Waals surface area contributed by atoms with Crippen molar-refractivity contribution in [3.63, 3.8) is 0 Å². The lowest BCUT2D eigenvalue weighted by molar-refractivity contribution is 0.482. The Morgan fingerprint density at radius 2 is 1.56 bits per heavy atom. The highest BCUT2D eigenvalue weighted by atomic mass is 19.1. The molecular formula is C16H11FO. The first-order chi connectivity index (χ1) is 8.81. The number of halogens is 1. The van der Waals surface area contributed by atoms with Crippen molar-refractivity contribution in [2.24, 2.45) is 0 Å². The van der Waals surface area contributed by atoms with Crippen LogP contribution in [0.3, 0.4) is 0 Å². The van der Waals surface area contributed by atoms with Crippen LogP contribution in [0.25, 0.3) is 0 Å². The van der Waals surface area contributed by atoms with Crippen LogP contribution in [0.15, 0.2) is 61.4 Å². The highest BCUT2D eigenvalue weighted by Crippen LogP contribution is 2.17. The quantitative estimate of drug-likeness (QED) is 0.572. The van der Waals surface area contributed by atoms with Gasteiger partial charge in [0.1, 0.15) is 11.6 Å². The van der Waals surface area contributed by atoms with E-state index in [9.17, 15) is 4.39 Å². The molecule has 0 aliphatic heterocycles. The van der Waals surface area contributed by atoms with Crippen molar-refractivity contribution in [3.05, 3.63) is 78.3 Å². The van der Waals surface area contributed by atoms with Crippen molar-refractivity contribution in [3.8, 4) is 17.6 Å². The first-order valence-electron chi connectivity index (χ1n) is 5.44. The standard InChI is InChI=1S/C16H11FO/c1-2-18-16-10-6-4-8-14(16)12-11-13-7-3-5-9-15(13)17/h2-10H,1H2. The molecule has 0 unspecified atom stereocenters. The first kappa shape index (κ1) is 11.9. The average Bonchev–Trinajstić information content (AvgIpc) is 2.40. The van der Waals surface area contributed by atoms with Crippen LogP contribution in [0.1, 0.15) is 11.1 Å². The SMILES string of the molecule is C=COc1ccccc1C#Cc1ccccc1F. The molecule has 0 heterocycles. The van der Waals surface area contributed by atoms with Gasteiger partial charge in [-0.05, 0) is 24.3 Å². The number of para-hydroxylation sites is 1. The molecule has 0 amide bonds. The van der Waals surface area contributed by atoms with Crippen molar-refractivity contribution in [2.75, 3.05) is 0 Å². The van der Waals surface area contributed by atoms with E-state index in [4.69, 9.17) is 4.74 Å². The van der Waals surface area contributed by atoms with Gasteiger partial charge < -0.3 is 4.74 Å². The minimum Gasteiger partial charge on any atom is -0.464 e. The number of rotatable bonds is 2. The highest BCUT2D eigenvalue weighted by molar-refractivity contribution is 5.50. The first-order valence-corrected chi connectivity index (χ1v) is 5.44. The Morgan fingerprint density at radius 1 is 0.944 bits per heavy atom. The van der Waals surface area contributed by atoms with Gasteiger partial charge in [-0.15, -0.1) is 0 Å². The fourth-order valence-corrected chi connectivity index (χ4v) is 1.46. The molecule has 2 aromatic rings. The van der Waals surface area contributed by atoms with Gasteiger partial charge in [0.2, 0.25) is 0 Å². The molecule has 18 heavy (non-hydrogen) atoms. The van der Waals surface area contributed by atoms with Crippen LogP contribution in [0, 0.1) is 17.7 Å². The van der Waals surface area contributed by atoms with Gasteiger partial charge >= 0.3 is 0 Å².